The van der Waals surface area contributed by atoms with Crippen molar-refractivity contribution >= 4 is 22.4 Å². The molecular formula is C23H26FNO5. The summed E-state index contributed by atoms with van der Waals surface area (Å²) in [5, 5.41) is -0.0900. The van der Waals surface area contributed by atoms with Gasteiger partial charge in [-0.1, -0.05) is 13.0 Å². The summed E-state index contributed by atoms with van der Waals surface area (Å²) in [5.41, 5.74) is 0.948. The van der Waals surface area contributed by atoms with Crippen molar-refractivity contribution in [1.29, 1.82) is 0 Å². The molecule has 6 nitrogen and oxygen atoms in total. The van der Waals surface area contributed by atoms with E-state index in [2.05, 4.69) is 0 Å². The number of rotatable bonds is 8. The second-order valence-electron chi connectivity index (χ2n) is 6.95. The molecule has 30 heavy (non-hydrogen) atoms. The zero-order valence-electron chi connectivity index (χ0n) is 17.5. The third-order valence-electron chi connectivity index (χ3n) is 4.92. The van der Waals surface area contributed by atoms with E-state index in [1.54, 1.807) is 36.9 Å². The van der Waals surface area contributed by atoms with Crippen LogP contribution in [0.1, 0.15) is 38.7 Å². The Morgan fingerprint density at radius 2 is 2.00 bits per heavy atom. The second-order valence-corrected chi connectivity index (χ2v) is 6.95. The Morgan fingerprint density at radius 3 is 2.63 bits per heavy atom. The van der Waals surface area contributed by atoms with Crippen LogP contribution in [0.25, 0.3) is 16.5 Å². The number of allylic oxidation sites excluding steroid dienone is 4. The fraction of sp³-hybridized carbons (Fsp3) is 0.391. The number of carbonyl (C=O) groups is 1. The van der Waals surface area contributed by atoms with Crippen molar-refractivity contribution in [2.75, 3.05) is 20.3 Å². The van der Waals surface area contributed by atoms with Crippen LogP contribution in [-0.2, 0) is 20.8 Å². The van der Waals surface area contributed by atoms with Gasteiger partial charge < -0.3 is 18.8 Å². The van der Waals surface area contributed by atoms with Gasteiger partial charge in [-0.2, -0.15) is 0 Å². The molecule has 1 aliphatic carbocycles. The summed E-state index contributed by atoms with van der Waals surface area (Å²) in [6, 6.07) is 2.72. The minimum atomic E-state index is -0.650. The predicted molar refractivity (Wildman–Crippen MR) is 113 cm³/mol. The smallest absolute Gasteiger partial charge is 0.325 e. The first-order chi connectivity index (χ1) is 14.5. The maximum atomic E-state index is 14.8. The van der Waals surface area contributed by atoms with Gasteiger partial charge in [0.15, 0.2) is 5.43 Å². The number of aromatic nitrogens is 1. The average molecular weight is 415 g/mol. The molecule has 0 N–H and O–H groups in total. The molecule has 0 radical (unpaired) electrons. The lowest BCUT2D eigenvalue weighted by atomic mass is 9.96. The van der Waals surface area contributed by atoms with Crippen LogP contribution in [0.3, 0.4) is 0 Å². The van der Waals surface area contributed by atoms with Gasteiger partial charge in [-0.3, -0.25) is 9.59 Å². The minimum Gasteiger partial charge on any atom is -0.501 e. The van der Waals surface area contributed by atoms with Gasteiger partial charge in [-0.15, -0.1) is 0 Å². The van der Waals surface area contributed by atoms with Crippen molar-refractivity contribution in [3.63, 3.8) is 0 Å². The molecule has 0 fully saturated rings. The summed E-state index contributed by atoms with van der Waals surface area (Å²) in [7, 11) is 1.60. The molecule has 160 valence electrons. The first kappa shape index (κ1) is 21.6. The van der Waals surface area contributed by atoms with E-state index in [4.69, 9.17) is 14.2 Å². The monoisotopic (exact) mass is 415 g/mol. The first-order valence-electron chi connectivity index (χ1n) is 10.1. The summed E-state index contributed by atoms with van der Waals surface area (Å²) >= 11 is 0. The third-order valence-corrected chi connectivity index (χ3v) is 4.92. The Balaban J connectivity index is 2.25. The van der Waals surface area contributed by atoms with Crippen LogP contribution in [0.2, 0.25) is 0 Å². The van der Waals surface area contributed by atoms with Crippen molar-refractivity contribution in [2.24, 2.45) is 0 Å². The minimum absolute atomic E-state index is 0.0900. The molecule has 0 saturated carbocycles. The quantitative estimate of drug-likeness (QED) is 0.605. The molecule has 0 amide bonds. The van der Waals surface area contributed by atoms with Crippen molar-refractivity contribution in [1.82, 2.24) is 4.57 Å². The molecule has 0 aliphatic heterocycles. The standard InChI is InChI=1S/C23H26FNO5/c1-4-12-30-19-11-10-18(24)21-22(19)25(14-20(26)29-5-2)13-17(23(21)27)15-6-8-16(28-3)9-7-15/h6,8,10-11,13H,4-5,7,9,12,14H2,1-3H3. The maximum Gasteiger partial charge on any atom is 0.325 e. The fourth-order valence-electron chi connectivity index (χ4n) is 3.50. The van der Waals surface area contributed by atoms with Gasteiger partial charge in [0.25, 0.3) is 0 Å². The van der Waals surface area contributed by atoms with Crippen LogP contribution >= 0.6 is 0 Å². The molecule has 0 spiro atoms. The van der Waals surface area contributed by atoms with E-state index in [0.717, 1.165) is 17.8 Å². The highest BCUT2D eigenvalue weighted by Crippen LogP contribution is 2.31. The molecule has 0 saturated heterocycles. The van der Waals surface area contributed by atoms with E-state index in [1.165, 1.54) is 12.1 Å². The van der Waals surface area contributed by atoms with Crippen molar-refractivity contribution in [3.05, 3.63) is 57.8 Å². The van der Waals surface area contributed by atoms with E-state index in [9.17, 15) is 14.0 Å². The van der Waals surface area contributed by atoms with E-state index in [1.807, 2.05) is 6.92 Å². The molecular weight excluding hydrogens is 389 g/mol. The summed E-state index contributed by atoms with van der Waals surface area (Å²) in [6.07, 6.45) is 7.16. The fourth-order valence-corrected chi connectivity index (χ4v) is 3.50. The number of hydrogen-bond donors (Lipinski definition) is 0. The molecule has 1 aromatic carbocycles. The highest BCUT2D eigenvalue weighted by molar-refractivity contribution is 5.89. The first-order valence-corrected chi connectivity index (χ1v) is 10.1. The second kappa shape index (κ2) is 9.61. The number of nitrogens with zero attached hydrogens (tertiary/aromatic N) is 1. The number of methoxy groups -OCH3 is 1. The zero-order chi connectivity index (χ0) is 21.7. The Morgan fingerprint density at radius 1 is 1.20 bits per heavy atom. The number of carbonyl (C=O) groups excluding carboxylic acids is 1. The van der Waals surface area contributed by atoms with Crippen LogP contribution < -0.4 is 10.2 Å². The number of pyridine rings is 1. The zero-order valence-corrected chi connectivity index (χ0v) is 17.5. The van der Waals surface area contributed by atoms with Gasteiger partial charge in [-0.25, -0.2) is 4.39 Å². The SMILES string of the molecule is CCCOc1ccc(F)c2c(=O)c(C3=CC=C(OC)CC3)cn(CC(=O)OCC)c12. The van der Waals surface area contributed by atoms with Gasteiger partial charge in [0.2, 0.25) is 0 Å². The Bertz CT molecular complexity index is 1070. The van der Waals surface area contributed by atoms with Crippen LogP contribution in [0.5, 0.6) is 5.75 Å². The molecule has 0 unspecified atom stereocenters. The highest BCUT2D eigenvalue weighted by atomic mass is 19.1. The molecule has 2 aromatic rings. The van der Waals surface area contributed by atoms with Gasteiger partial charge in [0, 0.05) is 18.2 Å². The van der Waals surface area contributed by atoms with E-state index >= 15 is 0 Å². The predicted octanol–water partition coefficient (Wildman–Crippen LogP) is 4.20. The van der Waals surface area contributed by atoms with Crippen molar-refractivity contribution < 1.29 is 23.4 Å². The molecule has 1 heterocycles. The molecule has 3 rings (SSSR count). The number of esters is 1. The number of fused-ring (bicyclic) bond motifs is 1. The summed E-state index contributed by atoms with van der Waals surface area (Å²) in [6.45, 7) is 4.15. The molecule has 0 bridgehead atoms. The van der Waals surface area contributed by atoms with E-state index < -0.39 is 17.2 Å². The Kier molecular flexibility index (Phi) is 6.92. The van der Waals surface area contributed by atoms with E-state index in [0.29, 0.717) is 30.8 Å². The van der Waals surface area contributed by atoms with Gasteiger partial charge in [-0.05, 0) is 43.5 Å². The van der Waals surface area contributed by atoms with Gasteiger partial charge in [0.05, 0.1) is 37.0 Å². The lowest BCUT2D eigenvalue weighted by molar-refractivity contribution is -0.143. The number of halogens is 1. The lowest BCUT2D eigenvalue weighted by Crippen LogP contribution is -2.21. The molecule has 1 aliphatic rings. The topological polar surface area (TPSA) is 66.8 Å². The molecule has 0 atom stereocenters. The Hall–Kier alpha value is -3.09. The van der Waals surface area contributed by atoms with Crippen LogP contribution in [-0.4, -0.2) is 30.9 Å². The van der Waals surface area contributed by atoms with Crippen LogP contribution in [0, 0.1) is 5.82 Å². The largest absolute Gasteiger partial charge is 0.501 e. The summed E-state index contributed by atoms with van der Waals surface area (Å²) in [5.74, 6) is 0.0503. The summed E-state index contributed by atoms with van der Waals surface area (Å²) in [4.78, 5) is 25.5. The van der Waals surface area contributed by atoms with Crippen molar-refractivity contribution in [3.8, 4) is 5.75 Å². The molecule has 1 aromatic heterocycles. The normalized spacial score (nSPS) is 13.6. The Labute approximate surface area is 174 Å². The van der Waals surface area contributed by atoms with Crippen LogP contribution in [0.15, 0.2) is 41.0 Å². The number of hydrogen-bond acceptors (Lipinski definition) is 5. The van der Waals surface area contributed by atoms with Crippen molar-refractivity contribution in [2.45, 2.75) is 39.7 Å². The van der Waals surface area contributed by atoms with Crippen LogP contribution in [0.4, 0.5) is 4.39 Å². The molecule has 7 heteroatoms. The average Bonchev–Trinajstić information content (AvgIpc) is 2.75. The third kappa shape index (κ3) is 4.40. The van der Waals surface area contributed by atoms with Gasteiger partial charge >= 0.3 is 5.97 Å². The maximum absolute atomic E-state index is 14.8. The lowest BCUT2D eigenvalue weighted by Gasteiger charge is -2.19. The number of ether oxygens (including phenoxy) is 3. The highest BCUT2D eigenvalue weighted by Gasteiger charge is 2.21. The number of benzene rings is 1. The van der Waals surface area contributed by atoms with E-state index in [-0.39, 0.29) is 24.1 Å². The van der Waals surface area contributed by atoms with Gasteiger partial charge in [0.1, 0.15) is 18.1 Å². The summed E-state index contributed by atoms with van der Waals surface area (Å²) < 4.78 is 32.5.